The molecule has 0 aliphatic carbocycles. The summed E-state index contributed by atoms with van der Waals surface area (Å²) in [7, 11) is 1.68. The zero-order chi connectivity index (χ0) is 14.7. The summed E-state index contributed by atoms with van der Waals surface area (Å²) in [6.45, 7) is 5.90. The molecule has 0 saturated carbocycles. The zero-order valence-electron chi connectivity index (χ0n) is 12.1. The van der Waals surface area contributed by atoms with Crippen LogP contribution in [-0.2, 0) is 5.75 Å². The van der Waals surface area contributed by atoms with E-state index in [-0.39, 0.29) is 0 Å². The Hall–Kier alpha value is -1.82. The van der Waals surface area contributed by atoms with E-state index in [2.05, 4.69) is 15.0 Å². The number of nitrogens with zero attached hydrogens (tertiary/aromatic N) is 3. The maximum atomic E-state index is 5.72. The van der Waals surface area contributed by atoms with Gasteiger partial charge in [0.25, 0.3) is 0 Å². The van der Waals surface area contributed by atoms with E-state index in [0.717, 1.165) is 28.3 Å². The minimum atomic E-state index is 0.492. The highest BCUT2D eigenvalue weighted by molar-refractivity contribution is 7.98. The topological polar surface area (TPSA) is 73.9 Å². The zero-order valence-corrected chi connectivity index (χ0v) is 12.9. The number of aryl methyl sites for hydroxylation is 2. The number of nitrogen functional groups attached to an aromatic ring is 1. The third kappa shape index (κ3) is 3.19. The maximum absolute atomic E-state index is 5.72. The second kappa shape index (κ2) is 6.09. The van der Waals surface area contributed by atoms with Crippen molar-refractivity contribution in [2.75, 3.05) is 12.8 Å². The van der Waals surface area contributed by atoms with Crippen LogP contribution in [0.1, 0.15) is 22.5 Å². The van der Waals surface area contributed by atoms with Gasteiger partial charge in [-0.15, -0.1) is 0 Å². The first-order chi connectivity index (χ1) is 9.51. The Morgan fingerprint density at radius 1 is 1.25 bits per heavy atom. The van der Waals surface area contributed by atoms with Gasteiger partial charge < -0.3 is 10.5 Å². The minimum Gasteiger partial charge on any atom is -0.496 e. The van der Waals surface area contributed by atoms with Crippen LogP contribution >= 0.6 is 11.8 Å². The number of hydrogen-bond donors (Lipinski definition) is 1. The van der Waals surface area contributed by atoms with E-state index in [1.165, 1.54) is 11.8 Å². The van der Waals surface area contributed by atoms with E-state index in [0.29, 0.717) is 16.7 Å². The molecule has 0 aromatic carbocycles. The summed E-state index contributed by atoms with van der Waals surface area (Å²) in [6.07, 6.45) is 1.83. The Labute approximate surface area is 123 Å². The van der Waals surface area contributed by atoms with Gasteiger partial charge in [0.2, 0.25) is 0 Å². The van der Waals surface area contributed by atoms with Gasteiger partial charge in [-0.05, 0) is 20.8 Å². The Morgan fingerprint density at radius 2 is 2.00 bits per heavy atom. The van der Waals surface area contributed by atoms with Crippen LogP contribution in [0.2, 0.25) is 0 Å². The fourth-order valence-electron chi connectivity index (χ4n) is 1.98. The molecule has 0 radical (unpaired) electrons. The molecule has 2 rings (SSSR count). The average molecular weight is 290 g/mol. The lowest BCUT2D eigenvalue weighted by molar-refractivity contribution is 0.407. The summed E-state index contributed by atoms with van der Waals surface area (Å²) in [5, 5.41) is 0.670. The van der Waals surface area contributed by atoms with Crippen LogP contribution in [0, 0.1) is 20.8 Å². The van der Waals surface area contributed by atoms with Gasteiger partial charge in [-0.3, -0.25) is 4.98 Å². The Balaban J connectivity index is 2.19. The van der Waals surface area contributed by atoms with Gasteiger partial charge in [0.05, 0.1) is 12.8 Å². The SMILES string of the molecule is COc1c(C)cnc(CSc2nc(C)cc(N)n2)c1C. The molecule has 0 spiro atoms. The number of thioether (sulfide) groups is 1. The van der Waals surface area contributed by atoms with Crippen molar-refractivity contribution in [2.24, 2.45) is 0 Å². The normalized spacial score (nSPS) is 10.6. The monoisotopic (exact) mass is 290 g/mol. The Bertz CT molecular complexity index is 611. The third-order valence-corrected chi connectivity index (χ3v) is 3.80. The second-order valence-electron chi connectivity index (χ2n) is 4.55. The fourth-order valence-corrected chi connectivity index (χ4v) is 2.91. The van der Waals surface area contributed by atoms with Crippen molar-refractivity contribution in [2.45, 2.75) is 31.7 Å². The van der Waals surface area contributed by atoms with Crippen LogP contribution < -0.4 is 10.5 Å². The molecule has 5 nitrogen and oxygen atoms in total. The first kappa shape index (κ1) is 14.6. The van der Waals surface area contributed by atoms with Crippen molar-refractivity contribution in [3.8, 4) is 5.75 Å². The molecule has 2 aromatic rings. The largest absolute Gasteiger partial charge is 0.496 e. The first-order valence-electron chi connectivity index (χ1n) is 6.24. The molecule has 0 amide bonds. The van der Waals surface area contributed by atoms with Gasteiger partial charge in [0.1, 0.15) is 11.6 Å². The maximum Gasteiger partial charge on any atom is 0.190 e. The van der Waals surface area contributed by atoms with Gasteiger partial charge in [-0.2, -0.15) is 0 Å². The molecule has 2 N–H and O–H groups in total. The average Bonchev–Trinajstić information content (AvgIpc) is 2.37. The fraction of sp³-hybridized carbons (Fsp3) is 0.357. The summed E-state index contributed by atoms with van der Waals surface area (Å²) in [5.74, 6) is 2.07. The van der Waals surface area contributed by atoms with Crippen molar-refractivity contribution >= 4 is 17.6 Å². The lowest BCUT2D eigenvalue weighted by atomic mass is 10.1. The smallest absolute Gasteiger partial charge is 0.190 e. The number of aromatic nitrogens is 3. The number of anilines is 1. The summed E-state index contributed by atoms with van der Waals surface area (Å²) in [4.78, 5) is 13.0. The summed E-state index contributed by atoms with van der Waals surface area (Å²) in [6, 6.07) is 1.75. The van der Waals surface area contributed by atoms with Crippen molar-refractivity contribution in [3.05, 3.63) is 34.8 Å². The summed E-state index contributed by atoms with van der Waals surface area (Å²) >= 11 is 1.52. The van der Waals surface area contributed by atoms with Crippen LogP contribution in [0.15, 0.2) is 17.4 Å². The number of hydrogen-bond acceptors (Lipinski definition) is 6. The standard InChI is InChI=1S/C14H18N4OS/c1-8-6-16-11(10(3)13(8)19-4)7-20-14-17-9(2)5-12(15)18-14/h5-6H,7H2,1-4H3,(H2,15,17,18). The molecule has 2 aromatic heterocycles. The highest BCUT2D eigenvalue weighted by atomic mass is 32.2. The van der Waals surface area contributed by atoms with Gasteiger partial charge in [-0.1, -0.05) is 11.8 Å². The highest BCUT2D eigenvalue weighted by Gasteiger charge is 2.10. The number of nitrogens with two attached hydrogens (primary N) is 1. The van der Waals surface area contributed by atoms with E-state index in [1.54, 1.807) is 13.2 Å². The summed E-state index contributed by atoms with van der Waals surface area (Å²) < 4.78 is 5.41. The Kier molecular flexibility index (Phi) is 4.44. The molecular weight excluding hydrogens is 272 g/mol. The van der Waals surface area contributed by atoms with Crippen LogP contribution in [0.25, 0.3) is 0 Å². The van der Waals surface area contributed by atoms with E-state index in [4.69, 9.17) is 10.5 Å². The number of methoxy groups -OCH3 is 1. The first-order valence-corrected chi connectivity index (χ1v) is 7.23. The molecule has 106 valence electrons. The quantitative estimate of drug-likeness (QED) is 0.689. The molecule has 2 heterocycles. The lowest BCUT2D eigenvalue weighted by Gasteiger charge is -2.11. The van der Waals surface area contributed by atoms with E-state index in [9.17, 15) is 0 Å². The van der Waals surface area contributed by atoms with Gasteiger partial charge >= 0.3 is 0 Å². The van der Waals surface area contributed by atoms with E-state index >= 15 is 0 Å². The number of ether oxygens (including phenoxy) is 1. The molecule has 20 heavy (non-hydrogen) atoms. The molecule has 0 aliphatic heterocycles. The molecule has 0 fully saturated rings. The Morgan fingerprint density at radius 3 is 2.65 bits per heavy atom. The minimum absolute atomic E-state index is 0.492. The van der Waals surface area contributed by atoms with E-state index in [1.807, 2.05) is 27.0 Å². The van der Waals surface area contributed by atoms with Crippen molar-refractivity contribution < 1.29 is 4.74 Å². The van der Waals surface area contributed by atoms with Gasteiger partial charge in [0.15, 0.2) is 5.16 Å². The lowest BCUT2D eigenvalue weighted by Crippen LogP contribution is -2.00. The molecule has 6 heteroatoms. The molecule has 0 saturated heterocycles. The van der Waals surface area contributed by atoms with Gasteiger partial charge in [0, 0.05) is 34.8 Å². The number of pyridine rings is 1. The van der Waals surface area contributed by atoms with Crippen LogP contribution in [0.4, 0.5) is 5.82 Å². The molecular formula is C14H18N4OS. The number of rotatable bonds is 4. The van der Waals surface area contributed by atoms with Crippen LogP contribution in [0.3, 0.4) is 0 Å². The van der Waals surface area contributed by atoms with Crippen molar-refractivity contribution in [1.29, 1.82) is 0 Å². The second-order valence-corrected chi connectivity index (χ2v) is 5.49. The molecule has 0 bridgehead atoms. The van der Waals surface area contributed by atoms with Crippen molar-refractivity contribution in [3.63, 3.8) is 0 Å². The predicted octanol–water partition coefficient (Wildman–Crippen LogP) is 2.68. The predicted molar refractivity (Wildman–Crippen MR) is 81.0 cm³/mol. The van der Waals surface area contributed by atoms with Crippen molar-refractivity contribution in [1.82, 2.24) is 15.0 Å². The third-order valence-electron chi connectivity index (χ3n) is 2.94. The summed E-state index contributed by atoms with van der Waals surface area (Å²) in [5.41, 5.74) is 9.66. The highest BCUT2D eigenvalue weighted by Crippen LogP contribution is 2.28. The molecule has 0 atom stereocenters. The molecule has 0 unspecified atom stereocenters. The van der Waals surface area contributed by atoms with Crippen LogP contribution in [0.5, 0.6) is 5.75 Å². The van der Waals surface area contributed by atoms with E-state index < -0.39 is 0 Å². The molecule has 0 aliphatic rings. The van der Waals surface area contributed by atoms with Gasteiger partial charge in [-0.25, -0.2) is 9.97 Å². The van der Waals surface area contributed by atoms with Crippen LogP contribution in [-0.4, -0.2) is 22.1 Å².